The van der Waals surface area contributed by atoms with Gasteiger partial charge in [0.15, 0.2) is 5.84 Å². The van der Waals surface area contributed by atoms with Crippen molar-refractivity contribution in [3.63, 3.8) is 0 Å². The second kappa shape index (κ2) is 6.06. The Morgan fingerprint density at radius 2 is 2.26 bits per heavy atom. The lowest BCUT2D eigenvalue weighted by Gasteiger charge is -2.24. The van der Waals surface area contributed by atoms with Gasteiger partial charge in [0.1, 0.15) is 0 Å². The van der Waals surface area contributed by atoms with Gasteiger partial charge in [0.25, 0.3) is 0 Å². The number of rotatable bonds is 4. The number of nitrogens with zero attached hydrogens (tertiary/aromatic N) is 1. The second-order valence-electron chi connectivity index (χ2n) is 4.72. The van der Waals surface area contributed by atoms with E-state index >= 15 is 0 Å². The molecule has 1 aromatic rings. The molecule has 0 aromatic heterocycles. The molecule has 1 saturated carbocycles. The van der Waals surface area contributed by atoms with Gasteiger partial charge in [-0.15, -0.1) is 0 Å². The van der Waals surface area contributed by atoms with Crippen molar-refractivity contribution in [3.8, 4) is 0 Å². The molecule has 0 radical (unpaired) electrons. The first-order valence-corrected chi connectivity index (χ1v) is 6.96. The Morgan fingerprint density at radius 3 is 2.84 bits per heavy atom. The second-order valence-corrected chi connectivity index (χ2v) is 5.64. The fourth-order valence-corrected chi connectivity index (χ4v) is 2.42. The predicted octanol–water partition coefficient (Wildman–Crippen LogP) is 2.67. The predicted molar refractivity (Wildman–Crippen MR) is 77.2 cm³/mol. The van der Waals surface area contributed by atoms with E-state index in [0.29, 0.717) is 23.6 Å². The van der Waals surface area contributed by atoms with Gasteiger partial charge in [0.2, 0.25) is 5.91 Å². The van der Waals surface area contributed by atoms with Crippen LogP contribution in [0.25, 0.3) is 0 Å². The third-order valence-electron chi connectivity index (χ3n) is 3.34. The molecule has 0 atom stereocenters. The van der Waals surface area contributed by atoms with Gasteiger partial charge in [-0.1, -0.05) is 27.5 Å². The molecule has 0 saturated heterocycles. The highest BCUT2D eigenvalue weighted by Crippen LogP contribution is 2.30. The van der Waals surface area contributed by atoms with E-state index in [0.717, 1.165) is 17.3 Å². The number of amides is 1. The average molecular weight is 326 g/mol. The number of hydrogen-bond donors (Lipinski definition) is 3. The minimum absolute atomic E-state index is 0.0218. The van der Waals surface area contributed by atoms with E-state index in [1.165, 1.54) is 6.42 Å². The molecular weight excluding hydrogens is 310 g/mol. The zero-order chi connectivity index (χ0) is 13.8. The minimum Gasteiger partial charge on any atom is -0.409 e. The van der Waals surface area contributed by atoms with Crippen LogP contribution in [0.1, 0.15) is 31.2 Å². The summed E-state index contributed by atoms with van der Waals surface area (Å²) >= 11 is 3.34. The van der Waals surface area contributed by atoms with Crippen LogP contribution in [-0.4, -0.2) is 17.0 Å². The summed E-state index contributed by atoms with van der Waals surface area (Å²) in [6.45, 7) is 0. The van der Waals surface area contributed by atoms with E-state index < -0.39 is 0 Å². The topological polar surface area (TPSA) is 87.7 Å². The third-order valence-corrected chi connectivity index (χ3v) is 3.83. The van der Waals surface area contributed by atoms with Gasteiger partial charge >= 0.3 is 0 Å². The molecule has 19 heavy (non-hydrogen) atoms. The summed E-state index contributed by atoms with van der Waals surface area (Å²) in [6, 6.07) is 5.21. The average Bonchev–Trinajstić information content (AvgIpc) is 2.33. The van der Waals surface area contributed by atoms with E-state index in [1.54, 1.807) is 18.2 Å². The van der Waals surface area contributed by atoms with Crippen molar-refractivity contribution < 1.29 is 10.0 Å². The number of carbonyl (C=O) groups excluding carboxylic acids is 1. The van der Waals surface area contributed by atoms with E-state index in [-0.39, 0.29) is 11.7 Å². The van der Waals surface area contributed by atoms with Crippen LogP contribution in [0.15, 0.2) is 27.8 Å². The van der Waals surface area contributed by atoms with Gasteiger partial charge in [-0.3, -0.25) is 4.79 Å². The number of amidine groups is 1. The standard InChI is InChI=1S/C13H16BrN3O2/c14-9-4-5-10(13(15)17-19)11(7-9)16-12(18)6-8-2-1-3-8/h4-5,7-8,19H,1-3,6H2,(H2,15,17)(H,16,18). The van der Waals surface area contributed by atoms with Crippen LogP contribution in [0, 0.1) is 5.92 Å². The Balaban J connectivity index is 2.13. The SMILES string of the molecule is N/C(=N/O)c1ccc(Br)cc1NC(=O)CC1CCC1. The molecule has 0 spiro atoms. The molecule has 5 nitrogen and oxygen atoms in total. The molecule has 102 valence electrons. The van der Waals surface area contributed by atoms with Crippen LogP contribution in [0.3, 0.4) is 0 Å². The Hall–Kier alpha value is -1.56. The summed E-state index contributed by atoms with van der Waals surface area (Å²) in [4.78, 5) is 11.9. The largest absolute Gasteiger partial charge is 0.409 e. The highest BCUT2D eigenvalue weighted by Gasteiger charge is 2.21. The van der Waals surface area contributed by atoms with Gasteiger partial charge in [-0.25, -0.2) is 0 Å². The third kappa shape index (κ3) is 3.47. The van der Waals surface area contributed by atoms with Crippen molar-refractivity contribution in [1.82, 2.24) is 0 Å². The number of nitrogens with one attached hydrogen (secondary N) is 1. The molecule has 0 bridgehead atoms. The van der Waals surface area contributed by atoms with Crippen LogP contribution >= 0.6 is 15.9 Å². The summed E-state index contributed by atoms with van der Waals surface area (Å²) in [7, 11) is 0. The summed E-state index contributed by atoms with van der Waals surface area (Å²) < 4.78 is 0.820. The molecule has 0 aliphatic heterocycles. The van der Waals surface area contributed by atoms with Crippen molar-refractivity contribution in [2.24, 2.45) is 16.8 Å². The lowest BCUT2D eigenvalue weighted by atomic mass is 9.83. The van der Waals surface area contributed by atoms with E-state index in [4.69, 9.17) is 10.9 Å². The number of benzene rings is 1. The first kappa shape index (κ1) is 13.9. The molecule has 0 unspecified atom stereocenters. The lowest BCUT2D eigenvalue weighted by molar-refractivity contribution is -0.117. The van der Waals surface area contributed by atoms with Crippen LogP contribution < -0.4 is 11.1 Å². The molecule has 0 heterocycles. The molecule has 1 aliphatic carbocycles. The molecule has 1 aliphatic rings. The quantitative estimate of drug-likeness (QED) is 0.344. The molecule has 4 N–H and O–H groups in total. The number of hydrogen-bond acceptors (Lipinski definition) is 3. The molecule has 6 heteroatoms. The van der Waals surface area contributed by atoms with E-state index in [2.05, 4.69) is 26.4 Å². The van der Waals surface area contributed by atoms with Crippen LogP contribution in [0.4, 0.5) is 5.69 Å². The maximum atomic E-state index is 11.9. The Bertz CT molecular complexity index is 513. The fourth-order valence-electron chi connectivity index (χ4n) is 2.06. The van der Waals surface area contributed by atoms with Crippen LogP contribution in [0.2, 0.25) is 0 Å². The van der Waals surface area contributed by atoms with Crippen LogP contribution in [0.5, 0.6) is 0 Å². The normalized spacial score (nSPS) is 15.9. The first-order chi connectivity index (χ1) is 9.10. The van der Waals surface area contributed by atoms with Crippen molar-refractivity contribution in [2.45, 2.75) is 25.7 Å². The van der Waals surface area contributed by atoms with Crippen LogP contribution in [-0.2, 0) is 4.79 Å². The van der Waals surface area contributed by atoms with E-state index in [9.17, 15) is 4.79 Å². The van der Waals surface area contributed by atoms with Crippen molar-refractivity contribution in [2.75, 3.05) is 5.32 Å². The Morgan fingerprint density at radius 1 is 1.53 bits per heavy atom. The number of carbonyl (C=O) groups is 1. The molecule has 1 aromatic carbocycles. The number of oxime groups is 1. The number of halogens is 1. The number of anilines is 1. The lowest BCUT2D eigenvalue weighted by Crippen LogP contribution is -2.23. The fraction of sp³-hybridized carbons (Fsp3) is 0.385. The van der Waals surface area contributed by atoms with Crippen molar-refractivity contribution in [1.29, 1.82) is 0 Å². The monoisotopic (exact) mass is 325 g/mol. The highest BCUT2D eigenvalue weighted by molar-refractivity contribution is 9.10. The minimum atomic E-state index is -0.0326. The van der Waals surface area contributed by atoms with Gasteiger partial charge in [-0.05, 0) is 37.0 Å². The van der Waals surface area contributed by atoms with Gasteiger partial charge < -0.3 is 16.3 Å². The molecular formula is C13H16BrN3O2. The highest BCUT2D eigenvalue weighted by atomic mass is 79.9. The summed E-state index contributed by atoms with van der Waals surface area (Å²) in [5, 5.41) is 14.5. The first-order valence-electron chi connectivity index (χ1n) is 6.17. The molecule has 1 amide bonds. The molecule has 1 fully saturated rings. The maximum Gasteiger partial charge on any atom is 0.224 e. The molecule has 2 rings (SSSR count). The van der Waals surface area contributed by atoms with Crippen molar-refractivity contribution in [3.05, 3.63) is 28.2 Å². The van der Waals surface area contributed by atoms with Gasteiger partial charge in [-0.2, -0.15) is 0 Å². The Labute approximate surface area is 120 Å². The summed E-state index contributed by atoms with van der Waals surface area (Å²) in [6.07, 6.45) is 3.99. The van der Waals surface area contributed by atoms with Gasteiger partial charge in [0.05, 0.1) is 5.69 Å². The zero-order valence-electron chi connectivity index (χ0n) is 10.4. The Kier molecular flexibility index (Phi) is 4.42. The smallest absolute Gasteiger partial charge is 0.224 e. The van der Waals surface area contributed by atoms with Gasteiger partial charge in [0, 0.05) is 16.5 Å². The summed E-state index contributed by atoms with van der Waals surface area (Å²) in [5.41, 5.74) is 6.65. The maximum absolute atomic E-state index is 11.9. The summed E-state index contributed by atoms with van der Waals surface area (Å²) in [5.74, 6) is 0.445. The zero-order valence-corrected chi connectivity index (χ0v) is 12.0. The van der Waals surface area contributed by atoms with E-state index in [1.807, 2.05) is 0 Å². The van der Waals surface area contributed by atoms with Crippen molar-refractivity contribution >= 4 is 33.4 Å². The number of nitrogens with two attached hydrogens (primary N) is 1.